The van der Waals surface area contributed by atoms with Gasteiger partial charge < -0.3 is 20.1 Å². The fraction of sp³-hybridized carbons (Fsp3) is 0.947. The van der Waals surface area contributed by atoms with Gasteiger partial charge in [0.25, 0.3) is 0 Å². The predicted octanol–water partition coefficient (Wildman–Crippen LogP) is 3.31. The van der Waals surface area contributed by atoms with Crippen LogP contribution in [0, 0.1) is 5.41 Å². The summed E-state index contributed by atoms with van der Waals surface area (Å²) < 4.78 is 5.63. The van der Waals surface area contributed by atoms with E-state index in [2.05, 4.69) is 19.2 Å². The zero-order valence-corrected chi connectivity index (χ0v) is 16.2. The highest BCUT2D eigenvalue weighted by Gasteiger charge is 2.49. The molecule has 2 N–H and O–H groups in total. The molecule has 5 nitrogen and oxygen atoms in total. The van der Waals surface area contributed by atoms with Crippen molar-refractivity contribution >= 4 is 6.09 Å². The molecule has 1 spiro atoms. The number of rotatable bonds is 5. The molecule has 2 aliphatic rings. The molecule has 140 valence electrons. The van der Waals surface area contributed by atoms with Crippen LogP contribution >= 0.6 is 0 Å². The molecule has 24 heavy (non-hydrogen) atoms. The largest absolute Gasteiger partial charge is 0.444 e. The molecule has 2 atom stereocenters. The van der Waals surface area contributed by atoms with Gasteiger partial charge in [0.05, 0.1) is 0 Å². The lowest BCUT2D eigenvalue weighted by atomic mass is 9.69. The Morgan fingerprint density at radius 1 is 1.33 bits per heavy atom. The molecule has 1 saturated carbocycles. The summed E-state index contributed by atoms with van der Waals surface area (Å²) in [5, 5.41) is 13.2. The number of amides is 1. The molecule has 1 aliphatic carbocycles. The summed E-state index contributed by atoms with van der Waals surface area (Å²) in [5.74, 6) is 0. The number of aliphatic hydroxyl groups excluding tert-OH is 1. The smallest absolute Gasteiger partial charge is 0.410 e. The molecule has 0 bridgehead atoms. The van der Waals surface area contributed by atoms with Crippen LogP contribution < -0.4 is 5.32 Å². The molecule has 2 unspecified atom stereocenters. The zero-order chi connectivity index (χ0) is 18.0. The Morgan fingerprint density at radius 2 is 2.00 bits per heavy atom. The number of hydrogen-bond donors (Lipinski definition) is 2. The minimum atomic E-state index is -0.443. The number of likely N-dealkylation sites (tertiary alicyclic amines) is 1. The second-order valence-corrected chi connectivity index (χ2v) is 9.10. The van der Waals surface area contributed by atoms with E-state index in [0.717, 1.165) is 45.2 Å². The van der Waals surface area contributed by atoms with Gasteiger partial charge in [0.1, 0.15) is 5.60 Å². The molecular formula is C19H36N2O3. The number of hydrogen-bond acceptors (Lipinski definition) is 4. The molecule has 1 amide bonds. The molecule has 0 aromatic rings. The summed E-state index contributed by atoms with van der Waals surface area (Å²) >= 11 is 0. The van der Waals surface area contributed by atoms with Crippen molar-refractivity contribution in [2.24, 2.45) is 5.41 Å². The number of carbonyl (C=O) groups is 1. The lowest BCUT2D eigenvalue weighted by Gasteiger charge is -2.55. The van der Waals surface area contributed by atoms with E-state index in [1.165, 1.54) is 6.42 Å². The topological polar surface area (TPSA) is 61.8 Å². The molecule has 0 aromatic carbocycles. The van der Waals surface area contributed by atoms with E-state index in [-0.39, 0.29) is 23.7 Å². The highest BCUT2D eigenvalue weighted by Crippen LogP contribution is 2.45. The predicted molar refractivity (Wildman–Crippen MR) is 96.0 cm³/mol. The van der Waals surface area contributed by atoms with Gasteiger partial charge in [-0.05, 0) is 59.3 Å². The molecule has 1 heterocycles. The van der Waals surface area contributed by atoms with Gasteiger partial charge in [-0.1, -0.05) is 13.8 Å². The Balaban J connectivity index is 1.96. The van der Waals surface area contributed by atoms with Crippen molar-refractivity contribution in [1.82, 2.24) is 10.2 Å². The third kappa shape index (κ3) is 4.42. The molecular weight excluding hydrogens is 304 g/mol. The lowest BCUT2D eigenvalue weighted by Crippen LogP contribution is -2.63. The zero-order valence-electron chi connectivity index (χ0n) is 16.2. The van der Waals surface area contributed by atoms with Crippen LogP contribution in [0.4, 0.5) is 4.79 Å². The number of carbonyl (C=O) groups excluding carboxylic acids is 1. The van der Waals surface area contributed by atoms with Gasteiger partial charge in [-0.15, -0.1) is 0 Å². The van der Waals surface area contributed by atoms with Crippen molar-refractivity contribution in [2.75, 3.05) is 19.7 Å². The fourth-order valence-electron chi connectivity index (χ4n) is 3.71. The average Bonchev–Trinajstić information content (AvgIpc) is 2.49. The minimum absolute atomic E-state index is 0.0138. The van der Waals surface area contributed by atoms with E-state index in [1.807, 2.05) is 25.7 Å². The minimum Gasteiger partial charge on any atom is -0.444 e. The van der Waals surface area contributed by atoms with E-state index in [1.54, 1.807) is 0 Å². The van der Waals surface area contributed by atoms with Gasteiger partial charge in [0, 0.05) is 36.7 Å². The van der Waals surface area contributed by atoms with Gasteiger partial charge in [0.2, 0.25) is 0 Å². The van der Waals surface area contributed by atoms with Crippen molar-refractivity contribution in [2.45, 2.75) is 90.3 Å². The first-order valence-electron chi connectivity index (χ1n) is 9.48. The average molecular weight is 341 g/mol. The van der Waals surface area contributed by atoms with E-state index < -0.39 is 5.60 Å². The third-order valence-corrected chi connectivity index (χ3v) is 5.85. The Labute approximate surface area is 147 Å². The third-order valence-electron chi connectivity index (χ3n) is 5.85. The summed E-state index contributed by atoms with van der Waals surface area (Å²) in [6.45, 7) is 11.8. The maximum atomic E-state index is 12.6. The summed E-state index contributed by atoms with van der Waals surface area (Å²) in [7, 11) is 0. The van der Waals surface area contributed by atoms with Crippen molar-refractivity contribution in [3.8, 4) is 0 Å². The first-order chi connectivity index (χ1) is 11.1. The molecule has 1 aliphatic heterocycles. The fourth-order valence-corrected chi connectivity index (χ4v) is 3.71. The number of aliphatic hydroxyl groups is 1. The van der Waals surface area contributed by atoms with Gasteiger partial charge in [0.15, 0.2) is 0 Å². The second kappa shape index (κ2) is 7.20. The van der Waals surface area contributed by atoms with Gasteiger partial charge in [-0.3, -0.25) is 0 Å². The van der Waals surface area contributed by atoms with Crippen LogP contribution in [-0.4, -0.2) is 53.0 Å². The number of ether oxygens (including phenoxy) is 1. The van der Waals surface area contributed by atoms with Crippen LogP contribution in [0.25, 0.3) is 0 Å². The molecule has 5 heteroatoms. The van der Waals surface area contributed by atoms with Gasteiger partial charge >= 0.3 is 6.09 Å². The van der Waals surface area contributed by atoms with Crippen LogP contribution in [0.1, 0.15) is 73.1 Å². The highest BCUT2D eigenvalue weighted by atomic mass is 16.6. The molecule has 2 rings (SSSR count). The number of nitrogens with one attached hydrogen (secondary N) is 1. The number of piperidine rings is 1. The quantitative estimate of drug-likeness (QED) is 0.806. The summed E-state index contributed by atoms with van der Waals surface area (Å²) in [6.07, 6.45) is 6.09. The van der Waals surface area contributed by atoms with Crippen molar-refractivity contribution in [1.29, 1.82) is 0 Å². The van der Waals surface area contributed by atoms with Gasteiger partial charge in [-0.25, -0.2) is 4.79 Å². The van der Waals surface area contributed by atoms with Crippen LogP contribution in [-0.2, 0) is 4.74 Å². The molecule has 0 radical (unpaired) electrons. The summed E-state index contributed by atoms with van der Waals surface area (Å²) in [5.41, 5.74) is -0.518. The SMILES string of the molecule is CCC(C)(CO)CNC1CCN(C(=O)OC(C)(C)C)C2(CCC2)C1. The first kappa shape index (κ1) is 19.5. The highest BCUT2D eigenvalue weighted by molar-refractivity contribution is 5.69. The molecule has 0 aromatic heterocycles. The Morgan fingerprint density at radius 3 is 2.46 bits per heavy atom. The van der Waals surface area contributed by atoms with Crippen LogP contribution in [0.15, 0.2) is 0 Å². The maximum absolute atomic E-state index is 12.6. The molecule has 1 saturated heterocycles. The van der Waals surface area contributed by atoms with Crippen LogP contribution in [0.2, 0.25) is 0 Å². The molecule has 2 fully saturated rings. The van der Waals surface area contributed by atoms with E-state index in [4.69, 9.17) is 4.74 Å². The number of nitrogens with zero attached hydrogens (tertiary/aromatic N) is 1. The lowest BCUT2D eigenvalue weighted by molar-refractivity contribution is -0.0502. The Kier molecular flexibility index (Phi) is 5.86. The van der Waals surface area contributed by atoms with Crippen molar-refractivity contribution in [3.63, 3.8) is 0 Å². The normalized spacial score (nSPS) is 25.9. The van der Waals surface area contributed by atoms with Gasteiger partial charge in [-0.2, -0.15) is 0 Å². The van der Waals surface area contributed by atoms with Crippen LogP contribution in [0.3, 0.4) is 0 Å². The standard InChI is InChI=1S/C19H36N2O3/c1-6-18(5,14-22)13-20-15-8-11-21(16(23)24-17(2,3)4)19(12-15)9-7-10-19/h15,20,22H,6-14H2,1-5H3. The van der Waals surface area contributed by atoms with E-state index in [0.29, 0.717) is 6.04 Å². The van der Waals surface area contributed by atoms with E-state index in [9.17, 15) is 9.90 Å². The van der Waals surface area contributed by atoms with Crippen molar-refractivity contribution < 1.29 is 14.6 Å². The van der Waals surface area contributed by atoms with Crippen molar-refractivity contribution in [3.05, 3.63) is 0 Å². The summed E-state index contributed by atoms with van der Waals surface area (Å²) in [6, 6.07) is 0.418. The second-order valence-electron chi connectivity index (χ2n) is 9.10. The monoisotopic (exact) mass is 340 g/mol. The summed E-state index contributed by atoms with van der Waals surface area (Å²) in [4.78, 5) is 14.6. The first-order valence-corrected chi connectivity index (χ1v) is 9.48. The van der Waals surface area contributed by atoms with E-state index >= 15 is 0 Å². The maximum Gasteiger partial charge on any atom is 0.410 e. The van der Waals surface area contributed by atoms with Crippen LogP contribution in [0.5, 0.6) is 0 Å². The Bertz CT molecular complexity index is 436. The Hall–Kier alpha value is -0.810.